The highest BCUT2D eigenvalue weighted by molar-refractivity contribution is 6.74. The number of rotatable bonds is 3. The molecule has 2 nitrogen and oxygen atoms in total. The maximum atomic E-state index is 9.08. The van der Waals surface area contributed by atoms with E-state index < -0.39 is 8.32 Å². The molecule has 0 aliphatic carbocycles. The molecule has 0 unspecified atom stereocenters. The van der Waals surface area contributed by atoms with E-state index in [2.05, 4.69) is 33.9 Å². The topological polar surface area (TPSA) is 29.5 Å². The van der Waals surface area contributed by atoms with Gasteiger partial charge in [-0.15, -0.1) is 0 Å². The standard InChI is InChI=1S/C13H22O2Si/c1-13(2,3)16(4,5)15-12-8-6-7-11(9-12)10-14/h6-9,14H,10H2,1-5H3. The highest BCUT2D eigenvalue weighted by Gasteiger charge is 2.38. The third kappa shape index (κ3) is 3.09. The summed E-state index contributed by atoms with van der Waals surface area (Å²) in [5.41, 5.74) is 0.899. The van der Waals surface area contributed by atoms with Gasteiger partial charge in [-0.3, -0.25) is 0 Å². The van der Waals surface area contributed by atoms with Gasteiger partial charge in [-0.05, 0) is 35.8 Å². The zero-order valence-corrected chi connectivity index (χ0v) is 11.9. The Hall–Kier alpha value is -0.803. The lowest BCUT2D eigenvalue weighted by molar-refractivity contribution is 0.281. The SMILES string of the molecule is CC(C)(C)[Si](C)(C)Oc1cccc(CO)c1. The molecule has 0 atom stereocenters. The van der Waals surface area contributed by atoms with Gasteiger partial charge in [0.25, 0.3) is 0 Å². The van der Waals surface area contributed by atoms with Crippen molar-refractivity contribution in [2.45, 2.75) is 45.5 Å². The fraction of sp³-hybridized carbons (Fsp3) is 0.538. The Labute approximate surface area is 99.4 Å². The van der Waals surface area contributed by atoms with Gasteiger partial charge in [-0.25, -0.2) is 0 Å². The average molecular weight is 238 g/mol. The Morgan fingerprint density at radius 1 is 1.25 bits per heavy atom. The molecule has 3 heteroatoms. The second kappa shape index (κ2) is 4.59. The van der Waals surface area contributed by atoms with Crippen LogP contribution >= 0.6 is 0 Å². The van der Waals surface area contributed by atoms with Gasteiger partial charge in [0.2, 0.25) is 8.32 Å². The van der Waals surface area contributed by atoms with Crippen molar-refractivity contribution >= 4 is 8.32 Å². The highest BCUT2D eigenvalue weighted by atomic mass is 28.4. The van der Waals surface area contributed by atoms with Crippen LogP contribution in [0.15, 0.2) is 24.3 Å². The van der Waals surface area contributed by atoms with Gasteiger partial charge in [0, 0.05) is 0 Å². The fourth-order valence-corrected chi connectivity index (χ4v) is 2.18. The van der Waals surface area contributed by atoms with Gasteiger partial charge in [-0.1, -0.05) is 32.9 Å². The van der Waals surface area contributed by atoms with Crippen LogP contribution < -0.4 is 4.43 Å². The number of benzene rings is 1. The van der Waals surface area contributed by atoms with E-state index in [1.165, 1.54) is 0 Å². The summed E-state index contributed by atoms with van der Waals surface area (Å²) >= 11 is 0. The molecule has 0 spiro atoms. The highest BCUT2D eigenvalue weighted by Crippen LogP contribution is 2.37. The summed E-state index contributed by atoms with van der Waals surface area (Å²) in [7, 11) is -1.76. The molecule has 0 fully saturated rings. The number of aliphatic hydroxyl groups is 1. The van der Waals surface area contributed by atoms with Gasteiger partial charge in [0.05, 0.1) is 6.61 Å². The van der Waals surface area contributed by atoms with Crippen LogP contribution in [-0.4, -0.2) is 13.4 Å². The zero-order chi connectivity index (χ0) is 12.4. The monoisotopic (exact) mass is 238 g/mol. The lowest BCUT2D eigenvalue weighted by Crippen LogP contribution is -2.43. The van der Waals surface area contributed by atoms with Gasteiger partial charge in [0.15, 0.2) is 0 Å². The second-order valence-electron chi connectivity index (χ2n) is 5.67. The Bertz CT molecular complexity index is 353. The molecule has 0 heterocycles. The van der Waals surface area contributed by atoms with E-state index >= 15 is 0 Å². The molecule has 0 radical (unpaired) electrons. The van der Waals surface area contributed by atoms with Crippen LogP contribution in [0, 0.1) is 0 Å². The normalized spacial score (nSPS) is 12.6. The number of hydrogen-bond acceptors (Lipinski definition) is 2. The van der Waals surface area contributed by atoms with E-state index in [4.69, 9.17) is 9.53 Å². The maximum absolute atomic E-state index is 9.08. The molecule has 0 aliphatic heterocycles. The van der Waals surface area contributed by atoms with Crippen molar-refractivity contribution in [2.75, 3.05) is 0 Å². The summed E-state index contributed by atoms with van der Waals surface area (Å²) in [6, 6.07) is 7.70. The number of hydrogen-bond donors (Lipinski definition) is 1. The van der Waals surface area contributed by atoms with E-state index in [0.717, 1.165) is 11.3 Å². The van der Waals surface area contributed by atoms with E-state index in [0.29, 0.717) is 0 Å². The molecule has 16 heavy (non-hydrogen) atoms. The first-order valence-electron chi connectivity index (χ1n) is 5.65. The van der Waals surface area contributed by atoms with E-state index in [9.17, 15) is 0 Å². The molecule has 1 rings (SSSR count). The quantitative estimate of drug-likeness (QED) is 0.816. The molecular weight excluding hydrogens is 216 g/mol. The molecule has 0 aromatic heterocycles. The van der Waals surface area contributed by atoms with Crippen molar-refractivity contribution in [2.24, 2.45) is 0 Å². The van der Waals surface area contributed by atoms with Crippen LogP contribution in [0.4, 0.5) is 0 Å². The first kappa shape index (κ1) is 13.3. The lowest BCUT2D eigenvalue weighted by atomic mass is 10.2. The Kier molecular flexibility index (Phi) is 3.81. The van der Waals surface area contributed by atoms with Crippen molar-refractivity contribution in [3.8, 4) is 5.75 Å². The van der Waals surface area contributed by atoms with Gasteiger partial charge in [-0.2, -0.15) is 0 Å². The van der Waals surface area contributed by atoms with Crippen LogP contribution in [0.3, 0.4) is 0 Å². The van der Waals surface area contributed by atoms with Crippen LogP contribution in [0.25, 0.3) is 0 Å². The molecule has 0 aliphatic rings. The Morgan fingerprint density at radius 2 is 1.88 bits per heavy atom. The molecule has 90 valence electrons. The predicted molar refractivity (Wildman–Crippen MR) is 70.2 cm³/mol. The predicted octanol–water partition coefficient (Wildman–Crippen LogP) is 3.56. The first-order chi connectivity index (χ1) is 7.26. The molecule has 0 saturated carbocycles. The van der Waals surface area contributed by atoms with Crippen molar-refractivity contribution in [3.63, 3.8) is 0 Å². The van der Waals surface area contributed by atoms with Crippen molar-refractivity contribution < 1.29 is 9.53 Å². The molecule has 0 amide bonds. The summed E-state index contributed by atoms with van der Waals surface area (Å²) in [5.74, 6) is 0.873. The third-order valence-corrected chi connectivity index (χ3v) is 7.62. The van der Waals surface area contributed by atoms with E-state index in [1.54, 1.807) is 0 Å². The fourth-order valence-electron chi connectivity index (χ4n) is 1.16. The second-order valence-corrected chi connectivity index (χ2v) is 10.4. The van der Waals surface area contributed by atoms with Crippen LogP contribution in [0.1, 0.15) is 26.3 Å². The van der Waals surface area contributed by atoms with Crippen LogP contribution in [-0.2, 0) is 6.61 Å². The summed E-state index contributed by atoms with van der Waals surface area (Å²) in [4.78, 5) is 0. The number of aliphatic hydroxyl groups excluding tert-OH is 1. The Morgan fingerprint density at radius 3 is 2.38 bits per heavy atom. The van der Waals surface area contributed by atoms with Gasteiger partial charge < -0.3 is 9.53 Å². The van der Waals surface area contributed by atoms with Gasteiger partial charge in [0.1, 0.15) is 5.75 Å². The largest absolute Gasteiger partial charge is 0.543 e. The molecule has 0 saturated heterocycles. The zero-order valence-electron chi connectivity index (χ0n) is 10.9. The first-order valence-corrected chi connectivity index (χ1v) is 8.56. The summed E-state index contributed by atoms with van der Waals surface area (Å²) in [6.45, 7) is 11.2. The summed E-state index contributed by atoms with van der Waals surface area (Å²) in [6.07, 6.45) is 0. The smallest absolute Gasteiger partial charge is 0.250 e. The van der Waals surface area contributed by atoms with Gasteiger partial charge >= 0.3 is 0 Å². The molecule has 1 aromatic rings. The summed E-state index contributed by atoms with van der Waals surface area (Å²) in [5, 5.41) is 9.27. The molecular formula is C13H22O2Si. The van der Waals surface area contributed by atoms with Crippen molar-refractivity contribution in [3.05, 3.63) is 29.8 Å². The summed E-state index contributed by atoms with van der Waals surface area (Å²) < 4.78 is 6.14. The van der Waals surface area contributed by atoms with E-state index in [1.807, 2.05) is 24.3 Å². The van der Waals surface area contributed by atoms with Crippen LogP contribution in [0.2, 0.25) is 18.1 Å². The van der Waals surface area contributed by atoms with E-state index in [-0.39, 0.29) is 11.6 Å². The minimum Gasteiger partial charge on any atom is -0.543 e. The minimum atomic E-state index is -1.76. The molecule has 0 bridgehead atoms. The minimum absolute atomic E-state index is 0.0642. The van der Waals surface area contributed by atoms with Crippen LogP contribution in [0.5, 0.6) is 5.75 Å². The Balaban J connectivity index is 2.88. The average Bonchev–Trinajstić information content (AvgIpc) is 2.15. The molecule has 1 aromatic carbocycles. The van der Waals surface area contributed by atoms with Crippen molar-refractivity contribution in [1.82, 2.24) is 0 Å². The molecule has 1 N–H and O–H groups in total. The maximum Gasteiger partial charge on any atom is 0.250 e. The third-order valence-electron chi connectivity index (χ3n) is 3.26. The lowest BCUT2D eigenvalue weighted by Gasteiger charge is -2.36. The van der Waals surface area contributed by atoms with Crippen molar-refractivity contribution in [1.29, 1.82) is 0 Å².